The number of fused-ring (bicyclic) bond motifs is 1. The fraction of sp³-hybridized carbons (Fsp3) is 0.235. The Bertz CT molecular complexity index is 807. The van der Waals surface area contributed by atoms with Crippen LogP contribution in [0.25, 0.3) is 11.0 Å². The van der Waals surface area contributed by atoms with Crippen molar-refractivity contribution in [1.82, 2.24) is 4.98 Å². The number of nitrogens with zero attached hydrogens (tertiary/aromatic N) is 2. The van der Waals surface area contributed by atoms with Crippen LogP contribution >= 0.6 is 0 Å². The molecule has 0 saturated carbocycles. The number of aromatic nitrogens is 1. The summed E-state index contributed by atoms with van der Waals surface area (Å²) in [5.41, 5.74) is 2.84. The second-order valence-electron chi connectivity index (χ2n) is 5.49. The smallest absolute Gasteiger partial charge is 0.213 e. The molecule has 2 aromatic heterocycles. The normalized spacial score (nSPS) is 15.1. The van der Waals surface area contributed by atoms with Crippen LogP contribution in [0.3, 0.4) is 0 Å². The number of ether oxygens (including phenoxy) is 1. The van der Waals surface area contributed by atoms with E-state index in [0.717, 1.165) is 29.7 Å². The van der Waals surface area contributed by atoms with Crippen LogP contribution in [0, 0.1) is 5.82 Å². The van der Waals surface area contributed by atoms with Crippen molar-refractivity contribution in [3.05, 3.63) is 54.2 Å². The molecule has 0 aliphatic carbocycles. The molecule has 1 fully saturated rings. The van der Waals surface area contributed by atoms with Crippen molar-refractivity contribution in [2.45, 2.75) is 5.92 Å². The number of rotatable bonds is 3. The highest BCUT2D eigenvalue weighted by molar-refractivity contribution is 5.82. The topological polar surface area (TPSA) is 38.5 Å². The van der Waals surface area contributed by atoms with E-state index in [4.69, 9.17) is 9.15 Å². The zero-order valence-corrected chi connectivity index (χ0v) is 12.1. The van der Waals surface area contributed by atoms with Crippen molar-refractivity contribution < 1.29 is 13.5 Å². The maximum atomic E-state index is 13.2. The van der Waals surface area contributed by atoms with Gasteiger partial charge in [0.1, 0.15) is 11.4 Å². The second-order valence-corrected chi connectivity index (χ2v) is 5.49. The summed E-state index contributed by atoms with van der Waals surface area (Å²) in [6.45, 7) is 1.81. The minimum Gasteiger partial charge on any atom is -0.481 e. The molecule has 0 unspecified atom stereocenters. The molecule has 0 amide bonds. The number of benzene rings is 1. The first-order valence-corrected chi connectivity index (χ1v) is 7.16. The van der Waals surface area contributed by atoms with Gasteiger partial charge in [0, 0.05) is 42.1 Å². The Morgan fingerprint density at radius 1 is 1.27 bits per heavy atom. The van der Waals surface area contributed by atoms with E-state index in [1.54, 1.807) is 19.4 Å². The summed E-state index contributed by atoms with van der Waals surface area (Å²) in [6, 6.07) is 8.57. The molecule has 112 valence electrons. The highest BCUT2D eigenvalue weighted by Crippen LogP contribution is 2.36. The fourth-order valence-corrected chi connectivity index (χ4v) is 2.91. The first-order valence-electron chi connectivity index (χ1n) is 7.16. The predicted octanol–water partition coefficient (Wildman–Crippen LogP) is 3.58. The molecule has 5 heteroatoms. The molecule has 4 rings (SSSR count). The molecule has 4 nitrogen and oxygen atoms in total. The van der Waals surface area contributed by atoms with E-state index in [1.807, 2.05) is 18.3 Å². The van der Waals surface area contributed by atoms with Crippen LogP contribution in [-0.2, 0) is 0 Å². The van der Waals surface area contributed by atoms with Gasteiger partial charge < -0.3 is 14.1 Å². The minimum atomic E-state index is -0.270. The molecule has 3 aromatic rings. The molecule has 1 aliphatic rings. The molecule has 1 saturated heterocycles. The summed E-state index contributed by atoms with van der Waals surface area (Å²) < 4.78 is 23.7. The second kappa shape index (κ2) is 5.02. The molecule has 1 aliphatic heterocycles. The maximum absolute atomic E-state index is 13.2. The van der Waals surface area contributed by atoms with Crippen molar-refractivity contribution >= 4 is 16.7 Å². The van der Waals surface area contributed by atoms with Crippen molar-refractivity contribution in [1.29, 1.82) is 0 Å². The van der Waals surface area contributed by atoms with Crippen LogP contribution in [-0.4, -0.2) is 25.2 Å². The van der Waals surface area contributed by atoms with E-state index in [9.17, 15) is 4.39 Å². The zero-order chi connectivity index (χ0) is 15.1. The van der Waals surface area contributed by atoms with Gasteiger partial charge in [-0.25, -0.2) is 9.37 Å². The first kappa shape index (κ1) is 13.1. The molecule has 22 heavy (non-hydrogen) atoms. The lowest BCUT2D eigenvalue weighted by molar-refractivity contribution is 0.397. The van der Waals surface area contributed by atoms with Crippen molar-refractivity contribution in [2.24, 2.45) is 0 Å². The fourth-order valence-electron chi connectivity index (χ4n) is 2.91. The molecule has 0 spiro atoms. The quantitative estimate of drug-likeness (QED) is 0.741. The SMILES string of the molecule is COc1ccc(N2CC(c3coc4cc(F)ccc34)C2)cn1. The third kappa shape index (κ3) is 2.09. The Kier molecular flexibility index (Phi) is 2.99. The molecule has 0 atom stereocenters. The number of pyridine rings is 1. The van der Waals surface area contributed by atoms with Crippen LogP contribution in [0.15, 0.2) is 47.2 Å². The Hall–Kier alpha value is -2.56. The molecule has 3 heterocycles. The Morgan fingerprint density at radius 3 is 2.86 bits per heavy atom. The van der Waals surface area contributed by atoms with E-state index < -0.39 is 0 Å². The van der Waals surface area contributed by atoms with Crippen LogP contribution in [0.1, 0.15) is 11.5 Å². The third-order valence-corrected chi connectivity index (χ3v) is 4.18. The van der Waals surface area contributed by atoms with Gasteiger partial charge in [0.2, 0.25) is 5.88 Å². The van der Waals surface area contributed by atoms with Crippen molar-refractivity contribution in [2.75, 3.05) is 25.1 Å². The summed E-state index contributed by atoms with van der Waals surface area (Å²) >= 11 is 0. The zero-order valence-electron chi connectivity index (χ0n) is 12.1. The number of halogens is 1. The summed E-state index contributed by atoms with van der Waals surface area (Å²) in [4.78, 5) is 6.47. The number of hydrogen-bond donors (Lipinski definition) is 0. The van der Waals surface area contributed by atoms with Gasteiger partial charge in [-0.05, 0) is 18.2 Å². The Labute approximate surface area is 127 Å². The average molecular weight is 298 g/mol. The van der Waals surface area contributed by atoms with Gasteiger partial charge in [-0.3, -0.25) is 0 Å². The van der Waals surface area contributed by atoms with Gasteiger partial charge in [0.05, 0.1) is 25.3 Å². The summed E-state index contributed by atoms with van der Waals surface area (Å²) in [7, 11) is 1.61. The first-order chi connectivity index (χ1) is 10.7. The third-order valence-electron chi connectivity index (χ3n) is 4.18. The number of furan rings is 1. The van der Waals surface area contributed by atoms with Gasteiger partial charge in [0.25, 0.3) is 0 Å². The van der Waals surface area contributed by atoms with Gasteiger partial charge in [-0.2, -0.15) is 0 Å². The minimum absolute atomic E-state index is 0.270. The molecular weight excluding hydrogens is 283 g/mol. The Balaban J connectivity index is 1.52. The molecule has 0 bridgehead atoms. The van der Waals surface area contributed by atoms with Crippen LogP contribution in [0.2, 0.25) is 0 Å². The maximum Gasteiger partial charge on any atom is 0.213 e. The van der Waals surface area contributed by atoms with E-state index in [2.05, 4.69) is 9.88 Å². The summed E-state index contributed by atoms with van der Waals surface area (Å²) in [5.74, 6) is 0.741. The van der Waals surface area contributed by atoms with Gasteiger partial charge in [-0.1, -0.05) is 0 Å². The summed E-state index contributed by atoms with van der Waals surface area (Å²) in [5, 5.41) is 0.999. The summed E-state index contributed by atoms with van der Waals surface area (Å²) in [6.07, 6.45) is 3.57. The standard InChI is InChI=1S/C17H15FN2O2/c1-21-17-5-3-13(7-19-17)20-8-11(9-20)15-10-22-16-6-12(18)2-4-14(15)16/h2-7,10-11H,8-9H2,1H3. The van der Waals surface area contributed by atoms with Crippen LogP contribution in [0.5, 0.6) is 5.88 Å². The highest BCUT2D eigenvalue weighted by atomic mass is 19.1. The van der Waals surface area contributed by atoms with Crippen molar-refractivity contribution in [3.8, 4) is 5.88 Å². The molecule has 1 aromatic carbocycles. The van der Waals surface area contributed by atoms with Crippen LogP contribution < -0.4 is 9.64 Å². The molecule has 0 N–H and O–H groups in total. The van der Waals surface area contributed by atoms with Gasteiger partial charge in [-0.15, -0.1) is 0 Å². The van der Waals surface area contributed by atoms with Gasteiger partial charge >= 0.3 is 0 Å². The predicted molar refractivity (Wildman–Crippen MR) is 81.9 cm³/mol. The van der Waals surface area contributed by atoms with E-state index in [0.29, 0.717) is 17.4 Å². The number of anilines is 1. The average Bonchev–Trinajstić information content (AvgIpc) is 2.89. The largest absolute Gasteiger partial charge is 0.481 e. The number of methoxy groups -OCH3 is 1. The highest BCUT2D eigenvalue weighted by Gasteiger charge is 2.30. The monoisotopic (exact) mass is 298 g/mol. The van der Waals surface area contributed by atoms with E-state index in [1.165, 1.54) is 12.1 Å². The van der Waals surface area contributed by atoms with E-state index in [-0.39, 0.29) is 5.82 Å². The van der Waals surface area contributed by atoms with E-state index >= 15 is 0 Å². The lowest BCUT2D eigenvalue weighted by Gasteiger charge is -2.40. The molecular formula is C17H15FN2O2. The Morgan fingerprint density at radius 2 is 2.14 bits per heavy atom. The lowest BCUT2D eigenvalue weighted by Crippen LogP contribution is -2.45. The number of hydrogen-bond acceptors (Lipinski definition) is 4. The van der Waals surface area contributed by atoms with Crippen LogP contribution in [0.4, 0.5) is 10.1 Å². The lowest BCUT2D eigenvalue weighted by atomic mass is 9.91. The van der Waals surface area contributed by atoms with Gasteiger partial charge in [0.15, 0.2) is 0 Å². The molecule has 0 radical (unpaired) electrons. The van der Waals surface area contributed by atoms with Crippen molar-refractivity contribution in [3.63, 3.8) is 0 Å².